The third-order valence-corrected chi connectivity index (χ3v) is 3.30. The molecule has 2 rings (SSSR count). The molecule has 0 aliphatic heterocycles. The Balaban J connectivity index is 2.12. The van der Waals surface area contributed by atoms with Gasteiger partial charge in [-0.1, -0.05) is 17.7 Å². The Bertz CT molecular complexity index is 383. The van der Waals surface area contributed by atoms with Crippen LogP contribution in [0.4, 0.5) is 0 Å². The molecule has 0 saturated heterocycles. The van der Waals surface area contributed by atoms with Crippen LogP contribution in [-0.2, 0) is 6.42 Å². The minimum atomic E-state index is 0.813. The molecule has 2 heteroatoms. The third-order valence-electron chi connectivity index (χ3n) is 3.30. The summed E-state index contributed by atoms with van der Waals surface area (Å²) in [6.07, 6.45) is 3.73. The van der Waals surface area contributed by atoms with Crippen LogP contribution in [0.3, 0.4) is 0 Å². The van der Waals surface area contributed by atoms with E-state index in [0.29, 0.717) is 0 Å². The van der Waals surface area contributed by atoms with Crippen molar-refractivity contribution in [1.29, 1.82) is 0 Å². The second kappa shape index (κ2) is 5.54. The van der Waals surface area contributed by atoms with E-state index in [1.807, 2.05) is 7.05 Å². The molecule has 17 heavy (non-hydrogen) atoms. The molecule has 1 aliphatic rings. The lowest BCUT2D eigenvalue weighted by molar-refractivity contribution is 0.294. The van der Waals surface area contributed by atoms with E-state index in [1.165, 1.54) is 29.5 Å². The minimum Gasteiger partial charge on any atom is -0.493 e. The molecule has 1 fully saturated rings. The lowest BCUT2D eigenvalue weighted by Crippen LogP contribution is -2.12. The monoisotopic (exact) mass is 233 g/mol. The van der Waals surface area contributed by atoms with Gasteiger partial charge in [0.1, 0.15) is 5.75 Å². The van der Waals surface area contributed by atoms with Gasteiger partial charge in [0, 0.05) is 0 Å². The first kappa shape index (κ1) is 12.4. The number of nitrogens with one attached hydrogen (secondary N) is 1. The van der Waals surface area contributed by atoms with Crippen molar-refractivity contribution < 1.29 is 4.74 Å². The van der Waals surface area contributed by atoms with Gasteiger partial charge in [-0.2, -0.15) is 0 Å². The summed E-state index contributed by atoms with van der Waals surface area (Å²) in [7, 11) is 1.99. The van der Waals surface area contributed by atoms with Crippen molar-refractivity contribution in [2.24, 2.45) is 5.92 Å². The Morgan fingerprint density at radius 2 is 2.06 bits per heavy atom. The van der Waals surface area contributed by atoms with Crippen LogP contribution >= 0.6 is 0 Å². The van der Waals surface area contributed by atoms with Gasteiger partial charge in [0.2, 0.25) is 0 Å². The molecular weight excluding hydrogens is 210 g/mol. The van der Waals surface area contributed by atoms with Crippen LogP contribution in [0, 0.1) is 19.8 Å². The first-order valence-corrected chi connectivity index (χ1v) is 6.58. The summed E-state index contributed by atoms with van der Waals surface area (Å²) >= 11 is 0. The topological polar surface area (TPSA) is 21.3 Å². The number of likely N-dealkylation sites (N-methyl/N-ethyl adjacent to an activating group) is 1. The summed E-state index contributed by atoms with van der Waals surface area (Å²) in [5.74, 6) is 1.94. The van der Waals surface area contributed by atoms with Crippen molar-refractivity contribution >= 4 is 0 Å². The normalized spacial score (nSPS) is 15.0. The van der Waals surface area contributed by atoms with E-state index in [0.717, 1.165) is 31.2 Å². The zero-order valence-corrected chi connectivity index (χ0v) is 11.2. The molecule has 1 saturated carbocycles. The van der Waals surface area contributed by atoms with E-state index in [1.54, 1.807) is 0 Å². The van der Waals surface area contributed by atoms with Gasteiger partial charge >= 0.3 is 0 Å². The van der Waals surface area contributed by atoms with E-state index in [4.69, 9.17) is 4.74 Å². The number of hydrogen-bond donors (Lipinski definition) is 1. The molecule has 0 amide bonds. The van der Waals surface area contributed by atoms with E-state index in [9.17, 15) is 0 Å². The van der Waals surface area contributed by atoms with Gasteiger partial charge in [0.25, 0.3) is 0 Å². The molecule has 1 N–H and O–H groups in total. The fourth-order valence-electron chi connectivity index (χ4n) is 2.18. The smallest absolute Gasteiger partial charge is 0.125 e. The number of rotatable bonds is 6. The summed E-state index contributed by atoms with van der Waals surface area (Å²) in [6.45, 7) is 6.21. The molecule has 0 unspecified atom stereocenters. The van der Waals surface area contributed by atoms with Crippen molar-refractivity contribution in [1.82, 2.24) is 5.32 Å². The predicted molar refractivity (Wildman–Crippen MR) is 71.8 cm³/mol. The molecule has 0 bridgehead atoms. The fourth-order valence-corrected chi connectivity index (χ4v) is 2.18. The van der Waals surface area contributed by atoms with E-state index in [2.05, 4.69) is 31.3 Å². The minimum absolute atomic E-state index is 0.813. The van der Waals surface area contributed by atoms with Gasteiger partial charge in [-0.3, -0.25) is 0 Å². The average molecular weight is 233 g/mol. The summed E-state index contributed by atoms with van der Waals surface area (Å²) in [4.78, 5) is 0. The Labute approximate surface area is 104 Å². The highest BCUT2D eigenvalue weighted by Crippen LogP contribution is 2.32. The van der Waals surface area contributed by atoms with Crippen molar-refractivity contribution in [2.45, 2.75) is 33.1 Å². The second-order valence-electron chi connectivity index (χ2n) is 5.18. The molecule has 0 atom stereocenters. The van der Waals surface area contributed by atoms with E-state index >= 15 is 0 Å². The molecule has 2 nitrogen and oxygen atoms in total. The van der Waals surface area contributed by atoms with Crippen molar-refractivity contribution in [3.05, 3.63) is 28.8 Å². The molecule has 0 aromatic heterocycles. The van der Waals surface area contributed by atoms with Gasteiger partial charge in [-0.15, -0.1) is 0 Å². The highest BCUT2D eigenvalue weighted by Gasteiger charge is 2.22. The molecular formula is C15H23NO. The van der Waals surface area contributed by atoms with Crippen LogP contribution in [0.2, 0.25) is 0 Å². The van der Waals surface area contributed by atoms with Crippen LogP contribution < -0.4 is 10.1 Å². The Kier molecular flexibility index (Phi) is 4.06. The zero-order valence-electron chi connectivity index (χ0n) is 11.2. The zero-order chi connectivity index (χ0) is 12.3. The van der Waals surface area contributed by atoms with Crippen molar-refractivity contribution in [3.8, 4) is 5.75 Å². The number of aryl methyl sites for hydroxylation is 2. The highest BCUT2D eigenvalue weighted by atomic mass is 16.5. The molecule has 1 aromatic carbocycles. The number of benzene rings is 1. The maximum atomic E-state index is 6.02. The predicted octanol–water partition coefficient (Wildman–Crippen LogP) is 2.85. The SMILES string of the molecule is CNCCc1cc(C)cc(C)c1OCC1CC1. The lowest BCUT2D eigenvalue weighted by Gasteiger charge is -2.15. The van der Waals surface area contributed by atoms with Crippen molar-refractivity contribution in [3.63, 3.8) is 0 Å². The largest absolute Gasteiger partial charge is 0.493 e. The molecule has 1 aromatic rings. The Morgan fingerprint density at radius 1 is 1.29 bits per heavy atom. The van der Waals surface area contributed by atoms with Crippen LogP contribution in [0.5, 0.6) is 5.75 Å². The van der Waals surface area contributed by atoms with E-state index in [-0.39, 0.29) is 0 Å². The van der Waals surface area contributed by atoms with Crippen LogP contribution in [0.25, 0.3) is 0 Å². The van der Waals surface area contributed by atoms with Gasteiger partial charge < -0.3 is 10.1 Å². The standard InChI is InChI=1S/C15H23NO/c1-11-8-12(2)15(17-10-13-4-5-13)14(9-11)6-7-16-3/h8-9,13,16H,4-7,10H2,1-3H3. The van der Waals surface area contributed by atoms with Crippen LogP contribution in [0.15, 0.2) is 12.1 Å². The molecule has 0 heterocycles. The maximum Gasteiger partial charge on any atom is 0.125 e. The van der Waals surface area contributed by atoms with Gasteiger partial charge in [-0.25, -0.2) is 0 Å². The summed E-state index contributed by atoms with van der Waals surface area (Å²) < 4.78 is 6.02. The molecule has 94 valence electrons. The highest BCUT2D eigenvalue weighted by molar-refractivity contribution is 5.44. The summed E-state index contributed by atoms with van der Waals surface area (Å²) in [5, 5.41) is 3.20. The van der Waals surface area contributed by atoms with Crippen LogP contribution in [-0.4, -0.2) is 20.2 Å². The third kappa shape index (κ3) is 3.47. The average Bonchev–Trinajstić information content (AvgIpc) is 3.08. The Hall–Kier alpha value is -1.02. The first-order valence-electron chi connectivity index (χ1n) is 6.58. The summed E-state index contributed by atoms with van der Waals surface area (Å²) in [6, 6.07) is 4.47. The van der Waals surface area contributed by atoms with Gasteiger partial charge in [0.15, 0.2) is 0 Å². The quantitative estimate of drug-likeness (QED) is 0.816. The second-order valence-corrected chi connectivity index (χ2v) is 5.18. The van der Waals surface area contributed by atoms with Gasteiger partial charge in [0.05, 0.1) is 6.61 Å². The Morgan fingerprint density at radius 3 is 2.71 bits per heavy atom. The molecule has 0 spiro atoms. The first-order chi connectivity index (χ1) is 8.20. The number of hydrogen-bond acceptors (Lipinski definition) is 2. The lowest BCUT2D eigenvalue weighted by atomic mass is 10.0. The number of ether oxygens (including phenoxy) is 1. The fraction of sp³-hybridized carbons (Fsp3) is 0.600. The van der Waals surface area contributed by atoms with Crippen LogP contribution in [0.1, 0.15) is 29.5 Å². The van der Waals surface area contributed by atoms with Crippen molar-refractivity contribution in [2.75, 3.05) is 20.2 Å². The van der Waals surface area contributed by atoms with Gasteiger partial charge in [-0.05, 0) is 63.7 Å². The maximum absolute atomic E-state index is 6.02. The molecule has 1 aliphatic carbocycles. The van der Waals surface area contributed by atoms with E-state index < -0.39 is 0 Å². The summed E-state index contributed by atoms with van der Waals surface area (Å²) in [5.41, 5.74) is 3.95. The molecule has 0 radical (unpaired) electrons.